The minimum absolute atomic E-state index is 0.156. The number of nitrogens with one attached hydrogen (secondary N) is 2. The maximum absolute atomic E-state index is 13.7. The van der Waals surface area contributed by atoms with Gasteiger partial charge < -0.3 is 15.1 Å². The molecule has 0 aromatic heterocycles. The Labute approximate surface area is 156 Å². The summed E-state index contributed by atoms with van der Waals surface area (Å²) in [6.07, 6.45) is 0. The van der Waals surface area contributed by atoms with E-state index < -0.39 is 0 Å². The van der Waals surface area contributed by atoms with E-state index in [1.807, 2.05) is 0 Å². The summed E-state index contributed by atoms with van der Waals surface area (Å²) in [4.78, 5) is 27.4. The maximum Gasteiger partial charge on any atom is 0.279 e. The van der Waals surface area contributed by atoms with Crippen molar-refractivity contribution < 1.29 is 23.3 Å². The van der Waals surface area contributed by atoms with E-state index in [0.29, 0.717) is 43.0 Å². The van der Waals surface area contributed by atoms with E-state index in [1.165, 1.54) is 30.3 Å². The first-order chi connectivity index (χ1) is 12.9. The van der Waals surface area contributed by atoms with Crippen LogP contribution in [0.1, 0.15) is 15.9 Å². The van der Waals surface area contributed by atoms with Crippen LogP contribution in [0.4, 0.5) is 14.5 Å². The Morgan fingerprint density at radius 3 is 2.37 bits per heavy atom. The lowest BCUT2D eigenvalue weighted by molar-refractivity contribution is -0.895. The van der Waals surface area contributed by atoms with Crippen LogP contribution in [0.2, 0.25) is 0 Å². The molecule has 2 aromatic rings. The van der Waals surface area contributed by atoms with Gasteiger partial charge >= 0.3 is 0 Å². The third-order valence-corrected chi connectivity index (χ3v) is 4.72. The van der Waals surface area contributed by atoms with Gasteiger partial charge in [0.1, 0.15) is 11.6 Å². The van der Waals surface area contributed by atoms with Gasteiger partial charge in [0.15, 0.2) is 6.54 Å². The highest BCUT2D eigenvalue weighted by molar-refractivity contribution is 5.94. The third-order valence-electron chi connectivity index (χ3n) is 4.72. The van der Waals surface area contributed by atoms with Crippen molar-refractivity contribution in [2.45, 2.75) is 6.92 Å². The highest BCUT2D eigenvalue weighted by atomic mass is 19.1. The quantitative estimate of drug-likeness (QED) is 0.847. The number of hydrogen-bond donors (Lipinski definition) is 2. The van der Waals surface area contributed by atoms with Crippen LogP contribution in [0.3, 0.4) is 0 Å². The fourth-order valence-corrected chi connectivity index (χ4v) is 3.08. The molecule has 0 unspecified atom stereocenters. The number of hydrogen-bond acceptors (Lipinski definition) is 2. The molecular formula is C20H22F2N3O2+. The average molecular weight is 374 g/mol. The molecule has 2 amide bonds. The van der Waals surface area contributed by atoms with Gasteiger partial charge in [-0.05, 0) is 48.9 Å². The lowest BCUT2D eigenvalue weighted by atomic mass is 10.1. The van der Waals surface area contributed by atoms with Gasteiger partial charge in [0.05, 0.1) is 26.2 Å². The van der Waals surface area contributed by atoms with Crippen molar-refractivity contribution in [3.8, 4) is 0 Å². The van der Waals surface area contributed by atoms with E-state index in [0.717, 1.165) is 4.90 Å². The van der Waals surface area contributed by atoms with Crippen LogP contribution in [-0.2, 0) is 4.79 Å². The van der Waals surface area contributed by atoms with Crippen molar-refractivity contribution in [1.29, 1.82) is 0 Å². The fourth-order valence-electron chi connectivity index (χ4n) is 3.08. The van der Waals surface area contributed by atoms with Gasteiger partial charge in [0.25, 0.3) is 11.8 Å². The second kappa shape index (κ2) is 8.26. The van der Waals surface area contributed by atoms with E-state index in [2.05, 4.69) is 5.32 Å². The highest BCUT2D eigenvalue weighted by Gasteiger charge is 2.26. The second-order valence-corrected chi connectivity index (χ2v) is 6.74. The summed E-state index contributed by atoms with van der Waals surface area (Å²) >= 11 is 0. The van der Waals surface area contributed by atoms with Crippen molar-refractivity contribution in [1.82, 2.24) is 4.90 Å². The number of nitrogens with zero attached hydrogens (tertiary/aromatic N) is 1. The molecule has 142 valence electrons. The summed E-state index contributed by atoms with van der Waals surface area (Å²) < 4.78 is 26.6. The molecule has 1 saturated heterocycles. The normalized spacial score (nSPS) is 14.9. The van der Waals surface area contributed by atoms with E-state index in [1.54, 1.807) is 24.0 Å². The number of carbonyl (C=O) groups excluding carboxylic acids is 2. The zero-order valence-corrected chi connectivity index (χ0v) is 15.1. The molecule has 0 aliphatic carbocycles. The average Bonchev–Trinajstić information content (AvgIpc) is 2.66. The minimum Gasteiger partial charge on any atom is -0.327 e. The standard InChI is InChI=1S/C20H21F2N3O2/c1-14-2-3-15(12-18(14)22)20(27)25-10-8-24(9-11-25)13-19(26)23-17-6-4-16(21)5-7-17/h2-7,12H,8-11,13H2,1H3,(H,23,26)/p+1. The van der Waals surface area contributed by atoms with Crippen molar-refractivity contribution in [2.24, 2.45) is 0 Å². The van der Waals surface area contributed by atoms with Crippen LogP contribution in [0.25, 0.3) is 0 Å². The molecule has 1 aliphatic heterocycles. The van der Waals surface area contributed by atoms with Crippen LogP contribution in [0.15, 0.2) is 42.5 Å². The lowest BCUT2D eigenvalue weighted by Gasteiger charge is -2.32. The lowest BCUT2D eigenvalue weighted by Crippen LogP contribution is -3.15. The number of amides is 2. The summed E-state index contributed by atoms with van der Waals surface area (Å²) in [6.45, 7) is 4.22. The largest absolute Gasteiger partial charge is 0.327 e. The Hall–Kier alpha value is -2.80. The van der Waals surface area contributed by atoms with Crippen LogP contribution in [0, 0.1) is 18.6 Å². The Bertz CT molecular complexity index is 832. The molecule has 7 heteroatoms. The van der Waals surface area contributed by atoms with Crippen molar-refractivity contribution in [3.63, 3.8) is 0 Å². The molecule has 0 spiro atoms. The Balaban J connectivity index is 1.49. The number of anilines is 1. The molecule has 1 aliphatic rings. The molecular weight excluding hydrogens is 352 g/mol. The Morgan fingerprint density at radius 1 is 1.07 bits per heavy atom. The number of aryl methyl sites for hydroxylation is 1. The van der Waals surface area contributed by atoms with Crippen molar-refractivity contribution in [3.05, 3.63) is 65.2 Å². The molecule has 2 N–H and O–H groups in total. The molecule has 0 bridgehead atoms. The number of benzene rings is 2. The van der Waals surface area contributed by atoms with Crippen LogP contribution >= 0.6 is 0 Å². The number of halogens is 2. The van der Waals surface area contributed by atoms with Gasteiger partial charge in [0.2, 0.25) is 0 Å². The van der Waals surface area contributed by atoms with E-state index in [4.69, 9.17) is 0 Å². The highest BCUT2D eigenvalue weighted by Crippen LogP contribution is 2.12. The Morgan fingerprint density at radius 2 is 1.74 bits per heavy atom. The van der Waals surface area contributed by atoms with E-state index in [9.17, 15) is 18.4 Å². The van der Waals surface area contributed by atoms with Crippen molar-refractivity contribution in [2.75, 3.05) is 38.0 Å². The zero-order valence-electron chi connectivity index (χ0n) is 15.1. The zero-order chi connectivity index (χ0) is 19.4. The van der Waals surface area contributed by atoms with Gasteiger partial charge in [-0.15, -0.1) is 0 Å². The topological polar surface area (TPSA) is 53.9 Å². The second-order valence-electron chi connectivity index (χ2n) is 6.74. The fraction of sp³-hybridized carbons (Fsp3) is 0.300. The van der Waals surface area contributed by atoms with E-state index in [-0.39, 0.29) is 30.0 Å². The van der Waals surface area contributed by atoms with Gasteiger partial charge in [-0.3, -0.25) is 9.59 Å². The van der Waals surface area contributed by atoms with Crippen LogP contribution < -0.4 is 10.2 Å². The summed E-state index contributed by atoms with van der Waals surface area (Å²) in [6, 6.07) is 10.1. The maximum atomic E-state index is 13.7. The van der Waals surface area contributed by atoms with Gasteiger partial charge in [0, 0.05) is 11.3 Å². The van der Waals surface area contributed by atoms with Crippen LogP contribution in [0.5, 0.6) is 0 Å². The molecule has 0 saturated carbocycles. The minimum atomic E-state index is -0.387. The molecule has 0 atom stereocenters. The van der Waals surface area contributed by atoms with Gasteiger partial charge in [-0.1, -0.05) is 6.07 Å². The predicted octanol–water partition coefficient (Wildman–Crippen LogP) is 1.25. The third kappa shape index (κ3) is 4.89. The molecule has 3 rings (SSSR count). The molecule has 27 heavy (non-hydrogen) atoms. The smallest absolute Gasteiger partial charge is 0.279 e. The molecule has 2 aromatic carbocycles. The monoisotopic (exact) mass is 374 g/mol. The van der Waals surface area contributed by atoms with E-state index >= 15 is 0 Å². The summed E-state index contributed by atoms with van der Waals surface area (Å²) in [7, 11) is 0. The molecule has 0 radical (unpaired) electrons. The first kappa shape index (κ1) is 19.0. The molecule has 5 nitrogen and oxygen atoms in total. The first-order valence-electron chi connectivity index (χ1n) is 8.87. The Kier molecular flexibility index (Phi) is 5.81. The summed E-state index contributed by atoms with van der Waals surface area (Å²) in [5.41, 5.74) is 1.40. The summed E-state index contributed by atoms with van der Waals surface area (Å²) in [5, 5.41) is 2.74. The van der Waals surface area contributed by atoms with Gasteiger partial charge in [-0.2, -0.15) is 0 Å². The summed E-state index contributed by atoms with van der Waals surface area (Å²) in [5.74, 6) is -1.09. The number of piperazine rings is 1. The van der Waals surface area contributed by atoms with Crippen molar-refractivity contribution >= 4 is 17.5 Å². The van der Waals surface area contributed by atoms with Gasteiger partial charge in [-0.25, -0.2) is 8.78 Å². The SMILES string of the molecule is Cc1ccc(C(=O)N2CC[NH+](CC(=O)Nc3ccc(F)cc3)CC2)cc1F. The number of rotatable bonds is 4. The first-order valence-corrected chi connectivity index (χ1v) is 8.87. The number of carbonyl (C=O) groups is 2. The predicted molar refractivity (Wildman–Crippen MR) is 97.6 cm³/mol. The van der Waals surface area contributed by atoms with Crippen LogP contribution in [-0.4, -0.2) is 49.4 Å². The number of quaternary nitrogens is 1. The molecule has 1 heterocycles. The molecule has 1 fully saturated rings.